The van der Waals surface area contributed by atoms with E-state index >= 15 is 0 Å². The number of hydrogen-bond donors (Lipinski definition) is 1. The summed E-state index contributed by atoms with van der Waals surface area (Å²) in [6.07, 6.45) is 9.91. The summed E-state index contributed by atoms with van der Waals surface area (Å²) in [5.74, 6) is 1.04. The SMILES string of the molecule is CCCCCCCCNc1nccc2sccc12. The van der Waals surface area contributed by atoms with Crippen molar-refractivity contribution >= 4 is 27.2 Å². The van der Waals surface area contributed by atoms with Gasteiger partial charge in [0.15, 0.2) is 0 Å². The van der Waals surface area contributed by atoms with Crippen molar-refractivity contribution in [1.82, 2.24) is 4.98 Å². The molecule has 2 rings (SSSR count). The Bertz CT molecular complexity index is 464. The molecule has 2 aromatic rings. The summed E-state index contributed by atoms with van der Waals surface area (Å²) in [5.41, 5.74) is 0. The highest BCUT2D eigenvalue weighted by Gasteiger charge is 2.01. The van der Waals surface area contributed by atoms with Crippen LogP contribution in [-0.2, 0) is 0 Å². The summed E-state index contributed by atoms with van der Waals surface area (Å²) in [7, 11) is 0. The van der Waals surface area contributed by atoms with Crippen molar-refractivity contribution in [1.29, 1.82) is 0 Å². The van der Waals surface area contributed by atoms with Crippen LogP contribution in [0.1, 0.15) is 45.4 Å². The zero-order valence-corrected chi connectivity index (χ0v) is 11.9. The molecule has 2 nitrogen and oxygen atoms in total. The summed E-state index contributed by atoms with van der Waals surface area (Å²) >= 11 is 1.77. The minimum Gasteiger partial charge on any atom is -0.370 e. The number of nitrogens with one attached hydrogen (secondary N) is 1. The van der Waals surface area contributed by atoms with Crippen LogP contribution in [-0.4, -0.2) is 11.5 Å². The number of nitrogens with zero attached hydrogens (tertiary/aromatic N) is 1. The van der Waals surface area contributed by atoms with Gasteiger partial charge < -0.3 is 5.32 Å². The molecule has 98 valence electrons. The number of thiophene rings is 1. The minimum atomic E-state index is 1.04. The van der Waals surface area contributed by atoms with Gasteiger partial charge in [0.25, 0.3) is 0 Å². The summed E-state index contributed by atoms with van der Waals surface area (Å²) in [6.45, 7) is 3.29. The van der Waals surface area contributed by atoms with Crippen LogP contribution < -0.4 is 5.32 Å². The Hall–Kier alpha value is -1.09. The first-order valence-electron chi connectivity index (χ1n) is 6.98. The van der Waals surface area contributed by atoms with Gasteiger partial charge in [0.05, 0.1) is 0 Å². The third kappa shape index (κ3) is 3.70. The molecule has 0 fully saturated rings. The molecule has 2 aromatic heterocycles. The fraction of sp³-hybridized carbons (Fsp3) is 0.533. The lowest BCUT2D eigenvalue weighted by atomic mass is 10.1. The number of hydrogen-bond acceptors (Lipinski definition) is 3. The highest BCUT2D eigenvalue weighted by atomic mass is 32.1. The summed E-state index contributed by atoms with van der Waals surface area (Å²) in [6, 6.07) is 4.23. The fourth-order valence-corrected chi connectivity index (χ4v) is 2.93. The molecule has 0 unspecified atom stereocenters. The van der Waals surface area contributed by atoms with E-state index in [1.807, 2.05) is 6.20 Å². The van der Waals surface area contributed by atoms with Gasteiger partial charge in [-0.2, -0.15) is 0 Å². The summed E-state index contributed by atoms with van der Waals surface area (Å²) in [4.78, 5) is 4.42. The molecule has 2 heterocycles. The lowest BCUT2D eigenvalue weighted by Crippen LogP contribution is -2.03. The number of anilines is 1. The maximum absolute atomic E-state index is 4.42. The van der Waals surface area contributed by atoms with Gasteiger partial charge in [-0.25, -0.2) is 4.98 Å². The molecule has 0 saturated carbocycles. The predicted octanol–water partition coefficient (Wildman–Crippen LogP) is 5.07. The van der Waals surface area contributed by atoms with Gasteiger partial charge in [-0.15, -0.1) is 11.3 Å². The van der Waals surface area contributed by atoms with Crippen molar-refractivity contribution in [3.8, 4) is 0 Å². The van der Waals surface area contributed by atoms with E-state index in [4.69, 9.17) is 0 Å². The van der Waals surface area contributed by atoms with Crippen LogP contribution in [0.15, 0.2) is 23.7 Å². The Morgan fingerprint density at radius 3 is 2.83 bits per heavy atom. The highest BCUT2D eigenvalue weighted by molar-refractivity contribution is 7.17. The second-order valence-corrected chi connectivity index (χ2v) is 5.63. The molecule has 0 bridgehead atoms. The van der Waals surface area contributed by atoms with Crippen LogP contribution in [0.5, 0.6) is 0 Å². The van der Waals surface area contributed by atoms with Gasteiger partial charge >= 0.3 is 0 Å². The largest absolute Gasteiger partial charge is 0.370 e. The van der Waals surface area contributed by atoms with Crippen LogP contribution in [0, 0.1) is 0 Å². The van der Waals surface area contributed by atoms with Crippen LogP contribution >= 0.6 is 11.3 Å². The monoisotopic (exact) mass is 262 g/mol. The lowest BCUT2D eigenvalue weighted by molar-refractivity contribution is 0.617. The molecule has 0 aliphatic heterocycles. The Labute approximate surface area is 113 Å². The molecule has 0 radical (unpaired) electrons. The maximum atomic E-state index is 4.42. The Morgan fingerprint density at radius 1 is 1.11 bits per heavy atom. The molecule has 0 saturated heterocycles. The summed E-state index contributed by atoms with van der Waals surface area (Å²) < 4.78 is 1.32. The van der Waals surface area contributed by atoms with E-state index in [1.165, 1.54) is 48.6 Å². The number of pyridine rings is 1. The normalized spacial score (nSPS) is 10.9. The van der Waals surface area contributed by atoms with Crippen LogP contribution in [0.2, 0.25) is 0 Å². The van der Waals surface area contributed by atoms with Gasteiger partial charge in [-0.05, 0) is 23.9 Å². The van der Waals surface area contributed by atoms with E-state index in [-0.39, 0.29) is 0 Å². The average molecular weight is 262 g/mol. The fourth-order valence-electron chi connectivity index (χ4n) is 2.15. The molecule has 0 atom stereocenters. The number of aromatic nitrogens is 1. The van der Waals surface area contributed by atoms with E-state index in [9.17, 15) is 0 Å². The summed E-state index contributed by atoms with van der Waals surface area (Å²) in [5, 5.41) is 6.85. The molecular weight excluding hydrogens is 240 g/mol. The van der Waals surface area contributed by atoms with Gasteiger partial charge in [-0.1, -0.05) is 39.0 Å². The minimum absolute atomic E-state index is 1.04. The van der Waals surface area contributed by atoms with Crippen molar-refractivity contribution in [2.45, 2.75) is 45.4 Å². The first-order valence-corrected chi connectivity index (χ1v) is 7.86. The van der Waals surface area contributed by atoms with E-state index in [0.29, 0.717) is 0 Å². The van der Waals surface area contributed by atoms with Crippen molar-refractivity contribution < 1.29 is 0 Å². The molecule has 0 aromatic carbocycles. The van der Waals surface area contributed by atoms with Crippen molar-refractivity contribution in [2.75, 3.05) is 11.9 Å². The number of rotatable bonds is 8. The van der Waals surface area contributed by atoms with Crippen LogP contribution in [0.4, 0.5) is 5.82 Å². The molecule has 3 heteroatoms. The zero-order valence-electron chi connectivity index (χ0n) is 11.1. The molecule has 0 aliphatic rings. The van der Waals surface area contributed by atoms with Gasteiger partial charge in [-0.3, -0.25) is 0 Å². The van der Waals surface area contributed by atoms with Crippen LogP contribution in [0.25, 0.3) is 10.1 Å². The second-order valence-electron chi connectivity index (χ2n) is 4.69. The number of fused-ring (bicyclic) bond motifs is 1. The van der Waals surface area contributed by atoms with Gasteiger partial charge in [0.2, 0.25) is 0 Å². The van der Waals surface area contributed by atoms with E-state index < -0.39 is 0 Å². The van der Waals surface area contributed by atoms with E-state index in [1.54, 1.807) is 11.3 Å². The molecule has 0 amide bonds. The molecule has 0 spiro atoms. The van der Waals surface area contributed by atoms with E-state index in [0.717, 1.165) is 12.4 Å². The van der Waals surface area contributed by atoms with Crippen molar-refractivity contribution in [2.24, 2.45) is 0 Å². The van der Waals surface area contributed by atoms with Gasteiger partial charge in [0, 0.05) is 22.8 Å². The third-order valence-corrected chi connectivity index (χ3v) is 4.08. The highest BCUT2D eigenvalue weighted by Crippen LogP contribution is 2.25. The molecule has 0 aliphatic carbocycles. The van der Waals surface area contributed by atoms with E-state index in [2.05, 4.69) is 34.7 Å². The molecule has 18 heavy (non-hydrogen) atoms. The smallest absolute Gasteiger partial charge is 0.134 e. The van der Waals surface area contributed by atoms with Crippen molar-refractivity contribution in [3.63, 3.8) is 0 Å². The Balaban J connectivity index is 1.72. The van der Waals surface area contributed by atoms with Crippen LogP contribution in [0.3, 0.4) is 0 Å². The van der Waals surface area contributed by atoms with Gasteiger partial charge in [0.1, 0.15) is 5.82 Å². The third-order valence-electron chi connectivity index (χ3n) is 3.20. The number of unbranched alkanes of at least 4 members (excludes halogenated alkanes) is 5. The molecule has 1 N–H and O–H groups in total. The average Bonchev–Trinajstić information content (AvgIpc) is 2.86. The zero-order chi connectivity index (χ0) is 12.6. The first-order chi connectivity index (χ1) is 8.92. The van der Waals surface area contributed by atoms with Crippen molar-refractivity contribution in [3.05, 3.63) is 23.7 Å². The Kier molecular flexibility index (Phi) is 5.46. The maximum Gasteiger partial charge on any atom is 0.134 e. The quantitative estimate of drug-likeness (QED) is 0.672. The Morgan fingerprint density at radius 2 is 1.94 bits per heavy atom. The lowest BCUT2D eigenvalue weighted by Gasteiger charge is -2.06. The second kappa shape index (κ2) is 7.37. The standard InChI is InChI=1S/C15H22N2S/c1-2-3-4-5-6-7-10-16-15-13-9-12-18-14(13)8-11-17-15/h8-9,11-12H,2-7,10H2,1H3,(H,16,17). The molecular formula is C15H22N2S. The predicted molar refractivity (Wildman–Crippen MR) is 81.5 cm³/mol. The first kappa shape index (κ1) is 13.3. The topological polar surface area (TPSA) is 24.9 Å².